The lowest BCUT2D eigenvalue weighted by molar-refractivity contribution is -0.118. The average molecular weight is 587 g/mol. The van der Waals surface area contributed by atoms with Gasteiger partial charge in [-0.3, -0.25) is 9.59 Å². The first-order valence-corrected chi connectivity index (χ1v) is 14.8. The number of ketones is 2. The number of hydrogen-bond acceptors (Lipinski definition) is 8. The third-order valence-corrected chi connectivity index (χ3v) is 6.28. The van der Waals surface area contributed by atoms with Crippen LogP contribution >= 0.6 is 0 Å². The molecule has 0 aliphatic rings. The van der Waals surface area contributed by atoms with E-state index in [2.05, 4.69) is 0 Å². The lowest BCUT2D eigenvalue weighted by atomic mass is 10.00. The molecule has 0 N–H and O–H groups in total. The number of nitriles is 2. The summed E-state index contributed by atoms with van der Waals surface area (Å²) in [5, 5.41) is 18.8. The van der Waals surface area contributed by atoms with Gasteiger partial charge in [-0.05, 0) is 80.7 Å². The van der Waals surface area contributed by atoms with Gasteiger partial charge in [-0.15, -0.1) is 0 Å². The van der Waals surface area contributed by atoms with Gasteiger partial charge >= 0.3 is 0 Å². The fourth-order valence-electron chi connectivity index (χ4n) is 4.02. The van der Waals surface area contributed by atoms with Gasteiger partial charge in [-0.25, -0.2) is 0 Å². The van der Waals surface area contributed by atoms with Crippen molar-refractivity contribution in [3.05, 3.63) is 58.7 Å². The molecule has 0 atom stereocenters. The maximum Gasteiger partial charge on any atom is 0.175 e. The summed E-state index contributed by atoms with van der Waals surface area (Å²) in [5.74, 6) is 1.42. The van der Waals surface area contributed by atoms with Crippen LogP contribution in [0.25, 0.3) is 12.2 Å². The zero-order valence-electron chi connectivity index (χ0n) is 26.1. The van der Waals surface area contributed by atoms with Crippen LogP contribution in [0.15, 0.2) is 47.5 Å². The second kappa shape index (κ2) is 18.1. The molecule has 8 nitrogen and oxygen atoms in total. The molecule has 0 bridgehead atoms. The Labute approximate surface area is 255 Å². The summed E-state index contributed by atoms with van der Waals surface area (Å²) in [4.78, 5) is 24.5. The SMILES string of the molecule is CCOc1cc(C=C(C#N)C(=O)C(C)C)ccc1OCCCCCOc1ccc(C=C(C#N)C(=O)C(C)C)cc1OCC. The Morgan fingerprint density at radius 1 is 0.651 bits per heavy atom. The molecular formula is C35H42N2O6. The number of hydrogen-bond donors (Lipinski definition) is 0. The van der Waals surface area contributed by atoms with Crippen LogP contribution in [0.1, 0.15) is 71.9 Å². The van der Waals surface area contributed by atoms with Gasteiger partial charge in [-0.1, -0.05) is 39.8 Å². The topological polar surface area (TPSA) is 119 Å². The van der Waals surface area contributed by atoms with Crippen LogP contribution in [-0.2, 0) is 9.59 Å². The van der Waals surface area contributed by atoms with Gasteiger partial charge < -0.3 is 18.9 Å². The van der Waals surface area contributed by atoms with Crippen molar-refractivity contribution in [2.45, 2.75) is 60.8 Å². The molecule has 2 rings (SSSR count). The fraction of sp³-hybridized carbons (Fsp3) is 0.429. The quantitative estimate of drug-likeness (QED) is 0.101. The summed E-state index contributed by atoms with van der Waals surface area (Å²) in [6, 6.07) is 14.7. The second-order valence-corrected chi connectivity index (χ2v) is 10.4. The number of carbonyl (C=O) groups is 2. The summed E-state index contributed by atoms with van der Waals surface area (Å²) in [6.45, 7) is 12.7. The van der Waals surface area contributed by atoms with E-state index in [9.17, 15) is 20.1 Å². The molecule has 0 aromatic heterocycles. The van der Waals surface area contributed by atoms with Gasteiger partial charge in [0, 0.05) is 11.8 Å². The standard InChI is InChI=1S/C35H42N2O6/c1-7-40-32-20-26(18-28(22-36)34(38)24(3)4)12-14-30(32)42-16-10-9-11-17-43-31-15-13-27(21-33(31)41-8-2)19-29(23-37)35(39)25(5)6/h12-15,18-21,24-25H,7-11,16-17H2,1-6H3. The van der Waals surface area contributed by atoms with Crippen molar-refractivity contribution < 1.29 is 28.5 Å². The number of carbonyl (C=O) groups excluding carboxylic acids is 2. The fourth-order valence-corrected chi connectivity index (χ4v) is 4.02. The smallest absolute Gasteiger partial charge is 0.175 e. The van der Waals surface area contributed by atoms with Crippen LogP contribution in [0.4, 0.5) is 0 Å². The molecule has 43 heavy (non-hydrogen) atoms. The normalized spacial score (nSPS) is 11.6. The van der Waals surface area contributed by atoms with Gasteiger partial charge in [0.2, 0.25) is 0 Å². The van der Waals surface area contributed by atoms with Crippen molar-refractivity contribution in [3.63, 3.8) is 0 Å². The van der Waals surface area contributed by atoms with Gasteiger partial charge in [0.05, 0.1) is 37.6 Å². The van der Waals surface area contributed by atoms with Crippen LogP contribution in [0.3, 0.4) is 0 Å². The third-order valence-electron chi connectivity index (χ3n) is 6.28. The van der Waals surface area contributed by atoms with Crippen LogP contribution < -0.4 is 18.9 Å². The Hall–Kier alpha value is -4.56. The Morgan fingerprint density at radius 2 is 1.05 bits per heavy atom. The van der Waals surface area contributed by atoms with Gasteiger partial charge in [0.25, 0.3) is 0 Å². The zero-order chi connectivity index (χ0) is 31.8. The summed E-state index contributed by atoms with van der Waals surface area (Å²) >= 11 is 0. The third kappa shape index (κ3) is 11.0. The van der Waals surface area contributed by atoms with Crippen molar-refractivity contribution >= 4 is 23.7 Å². The lowest BCUT2D eigenvalue weighted by Gasteiger charge is -2.14. The molecule has 0 radical (unpaired) electrons. The highest BCUT2D eigenvalue weighted by atomic mass is 16.5. The van der Waals surface area contributed by atoms with Crippen LogP contribution in [0, 0.1) is 34.5 Å². The van der Waals surface area contributed by atoms with Crippen LogP contribution in [0.5, 0.6) is 23.0 Å². The van der Waals surface area contributed by atoms with Gasteiger partial charge in [-0.2, -0.15) is 10.5 Å². The first-order valence-electron chi connectivity index (χ1n) is 14.8. The molecule has 0 saturated heterocycles. The van der Waals surface area contributed by atoms with Crippen molar-refractivity contribution in [1.82, 2.24) is 0 Å². The van der Waals surface area contributed by atoms with Crippen molar-refractivity contribution in [1.29, 1.82) is 10.5 Å². The molecule has 2 aromatic rings. The summed E-state index contributed by atoms with van der Waals surface area (Å²) in [6.07, 6.45) is 5.64. The maximum absolute atomic E-state index is 12.2. The molecule has 0 saturated carbocycles. The minimum Gasteiger partial charge on any atom is -0.490 e. The highest BCUT2D eigenvalue weighted by molar-refractivity contribution is 6.04. The van der Waals surface area contributed by atoms with E-state index in [1.54, 1.807) is 76.2 Å². The van der Waals surface area contributed by atoms with Crippen molar-refractivity contribution in [3.8, 4) is 35.1 Å². The largest absolute Gasteiger partial charge is 0.490 e. The zero-order valence-corrected chi connectivity index (χ0v) is 26.1. The number of nitrogens with zero attached hydrogens (tertiary/aromatic N) is 2. The molecule has 0 spiro atoms. The summed E-state index contributed by atoms with van der Waals surface area (Å²) < 4.78 is 23.4. The van der Waals surface area contributed by atoms with Crippen LogP contribution in [0.2, 0.25) is 0 Å². The van der Waals surface area contributed by atoms with E-state index in [-0.39, 0.29) is 34.5 Å². The van der Waals surface area contributed by atoms with E-state index >= 15 is 0 Å². The van der Waals surface area contributed by atoms with E-state index in [1.807, 2.05) is 26.0 Å². The number of Topliss-reactive ketones (excluding diaryl/α,β-unsaturated/α-hetero) is 2. The Morgan fingerprint density at radius 3 is 1.37 bits per heavy atom. The predicted molar refractivity (Wildman–Crippen MR) is 167 cm³/mol. The summed E-state index contributed by atoms with van der Waals surface area (Å²) in [7, 11) is 0. The molecule has 228 valence electrons. The minimum atomic E-state index is -0.258. The number of allylic oxidation sites excluding steroid dienone is 2. The first kappa shape index (κ1) is 34.6. The minimum absolute atomic E-state index is 0.112. The second-order valence-electron chi connectivity index (χ2n) is 10.4. The van der Waals surface area contributed by atoms with Crippen molar-refractivity contribution in [2.75, 3.05) is 26.4 Å². The molecule has 0 aliphatic carbocycles. The van der Waals surface area contributed by atoms with Crippen LogP contribution in [-0.4, -0.2) is 38.0 Å². The molecule has 0 heterocycles. The van der Waals surface area contributed by atoms with E-state index in [1.165, 1.54) is 0 Å². The molecular weight excluding hydrogens is 544 g/mol. The Kier molecular flexibility index (Phi) is 14.6. The van der Waals surface area contributed by atoms with Gasteiger partial charge in [0.1, 0.15) is 12.1 Å². The van der Waals surface area contributed by atoms with E-state index < -0.39 is 0 Å². The number of benzene rings is 2. The van der Waals surface area contributed by atoms with E-state index in [0.717, 1.165) is 19.3 Å². The molecule has 0 fully saturated rings. The van der Waals surface area contributed by atoms with E-state index in [0.29, 0.717) is 60.6 Å². The first-order chi connectivity index (χ1) is 20.6. The summed E-state index contributed by atoms with van der Waals surface area (Å²) in [5.41, 5.74) is 1.62. The number of ether oxygens (including phenoxy) is 4. The molecule has 0 aliphatic heterocycles. The number of rotatable bonds is 18. The highest BCUT2D eigenvalue weighted by Crippen LogP contribution is 2.31. The molecule has 0 unspecified atom stereocenters. The maximum atomic E-state index is 12.2. The van der Waals surface area contributed by atoms with Crippen molar-refractivity contribution in [2.24, 2.45) is 11.8 Å². The monoisotopic (exact) mass is 586 g/mol. The molecule has 0 amide bonds. The number of unbranched alkanes of at least 4 members (excludes halogenated alkanes) is 2. The predicted octanol–water partition coefficient (Wildman–Crippen LogP) is 7.38. The Bertz CT molecular complexity index is 1290. The molecule has 8 heteroatoms. The lowest BCUT2D eigenvalue weighted by Crippen LogP contribution is -2.09. The average Bonchev–Trinajstić information content (AvgIpc) is 2.99. The van der Waals surface area contributed by atoms with E-state index in [4.69, 9.17) is 18.9 Å². The molecule has 2 aromatic carbocycles. The Balaban J connectivity index is 1.93. The van der Waals surface area contributed by atoms with Gasteiger partial charge in [0.15, 0.2) is 34.6 Å². The highest BCUT2D eigenvalue weighted by Gasteiger charge is 2.15.